The van der Waals surface area contributed by atoms with E-state index in [2.05, 4.69) is 17.2 Å². The highest BCUT2D eigenvalue weighted by Gasteiger charge is 2.08. The number of nitrogens with one attached hydrogen (secondary N) is 1. The molecule has 1 rings (SSSR count). The van der Waals surface area contributed by atoms with Gasteiger partial charge in [-0.15, -0.1) is 11.3 Å². The summed E-state index contributed by atoms with van der Waals surface area (Å²) in [6.07, 6.45) is 3.40. The molecule has 0 radical (unpaired) electrons. The molecule has 0 aliphatic carbocycles. The second-order valence-electron chi connectivity index (χ2n) is 3.81. The number of nitrogens with zero attached hydrogens (tertiary/aromatic N) is 1. The van der Waals surface area contributed by atoms with Crippen LogP contribution in [0.1, 0.15) is 42.6 Å². The monoisotopic (exact) mass is 228 g/mol. The summed E-state index contributed by atoms with van der Waals surface area (Å²) in [6.45, 7) is 7.00. The second-order valence-corrected chi connectivity index (χ2v) is 5.07. The molecular formula is C11H20N2OS. The molecule has 2 atom stereocenters. The van der Waals surface area contributed by atoms with Crippen LogP contribution in [-0.4, -0.2) is 22.7 Å². The number of hydrogen-bond acceptors (Lipinski definition) is 4. The summed E-state index contributed by atoms with van der Waals surface area (Å²) in [7, 11) is 0. The minimum Gasteiger partial charge on any atom is -0.393 e. The fourth-order valence-electron chi connectivity index (χ4n) is 1.35. The minimum absolute atomic E-state index is 0.173. The fraction of sp³-hybridized carbons (Fsp3) is 0.727. The van der Waals surface area contributed by atoms with Gasteiger partial charge in [0, 0.05) is 17.1 Å². The van der Waals surface area contributed by atoms with Crippen LogP contribution >= 0.6 is 11.3 Å². The molecule has 0 saturated heterocycles. The van der Waals surface area contributed by atoms with E-state index in [1.54, 1.807) is 11.3 Å². The molecule has 86 valence electrons. The van der Waals surface area contributed by atoms with Crippen molar-refractivity contribution in [1.82, 2.24) is 10.3 Å². The van der Waals surface area contributed by atoms with E-state index in [9.17, 15) is 5.11 Å². The smallest absolute Gasteiger partial charge is 0.0897 e. The van der Waals surface area contributed by atoms with Crippen molar-refractivity contribution >= 4 is 11.3 Å². The summed E-state index contributed by atoms with van der Waals surface area (Å²) >= 11 is 1.72. The van der Waals surface area contributed by atoms with Crippen LogP contribution in [0.15, 0.2) is 6.20 Å². The Kier molecular flexibility index (Phi) is 5.22. The zero-order chi connectivity index (χ0) is 11.3. The topological polar surface area (TPSA) is 45.1 Å². The zero-order valence-electron chi connectivity index (χ0n) is 9.66. The molecule has 0 amide bonds. The van der Waals surface area contributed by atoms with Crippen LogP contribution in [0, 0.1) is 6.92 Å². The van der Waals surface area contributed by atoms with Gasteiger partial charge in [0.1, 0.15) is 0 Å². The minimum atomic E-state index is -0.173. The van der Waals surface area contributed by atoms with Crippen LogP contribution < -0.4 is 5.32 Å². The van der Waals surface area contributed by atoms with Crippen molar-refractivity contribution in [3.8, 4) is 0 Å². The lowest BCUT2D eigenvalue weighted by Crippen LogP contribution is -2.22. The van der Waals surface area contributed by atoms with E-state index in [0.29, 0.717) is 6.04 Å². The van der Waals surface area contributed by atoms with E-state index in [0.717, 1.165) is 24.4 Å². The largest absolute Gasteiger partial charge is 0.393 e. The van der Waals surface area contributed by atoms with Gasteiger partial charge in [0.2, 0.25) is 0 Å². The molecule has 0 saturated carbocycles. The fourth-order valence-corrected chi connectivity index (χ4v) is 2.16. The number of thiazole rings is 1. The predicted molar refractivity (Wildman–Crippen MR) is 64.2 cm³/mol. The third kappa shape index (κ3) is 4.28. The van der Waals surface area contributed by atoms with Crippen LogP contribution in [0.2, 0.25) is 0 Å². The summed E-state index contributed by atoms with van der Waals surface area (Å²) in [5.41, 5.74) is 0. The molecule has 4 heteroatoms. The van der Waals surface area contributed by atoms with E-state index >= 15 is 0 Å². The molecule has 0 spiro atoms. The van der Waals surface area contributed by atoms with Crippen molar-refractivity contribution in [3.63, 3.8) is 0 Å². The number of hydrogen-bond donors (Lipinski definition) is 2. The molecule has 0 aliphatic rings. The molecule has 2 unspecified atom stereocenters. The summed E-state index contributed by atoms with van der Waals surface area (Å²) in [6, 6.07) is 0.334. The molecule has 0 bridgehead atoms. The Morgan fingerprint density at radius 2 is 2.33 bits per heavy atom. The average Bonchev–Trinajstić information content (AvgIpc) is 2.64. The van der Waals surface area contributed by atoms with Gasteiger partial charge in [0.25, 0.3) is 0 Å². The van der Waals surface area contributed by atoms with Crippen LogP contribution in [-0.2, 0) is 0 Å². The molecule has 3 nitrogen and oxygen atoms in total. The molecule has 1 aromatic rings. The Balaban J connectivity index is 2.27. The maximum atomic E-state index is 9.40. The Bertz CT molecular complexity index is 288. The lowest BCUT2D eigenvalue weighted by molar-refractivity contribution is 0.159. The van der Waals surface area contributed by atoms with E-state index in [4.69, 9.17) is 0 Å². The molecule has 1 heterocycles. The average molecular weight is 228 g/mol. The summed E-state index contributed by atoms with van der Waals surface area (Å²) in [5, 5.41) is 13.9. The highest BCUT2D eigenvalue weighted by molar-refractivity contribution is 7.11. The van der Waals surface area contributed by atoms with Gasteiger partial charge in [-0.05, 0) is 33.2 Å². The van der Waals surface area contributed by atoms with Crippen molar-refractivity contribution in [2.75, 3.05) is 6.54 Å². The van der Waals surface area contributed by atoms with Crippen molar-refractivity contribution in [2.24, 2.45) is 0 Å². The molecule has 15 heavy (non-hydrogen) atoms. The molecular weight excluding hydrogens is 208 g/mol. The summed E-state index contributed by atoms with van der Waals surface area (Å²) in [4.78, 5) is 5.49. The van der Waals surface area contributed by atoms with Gasteiger partial charge < -0.3 is 10.4 Å². The molecule has 0 fully saturated rings. The second kappa shape index (κ2) is 6.20. The maximum absolute atomic E-state index is 9.40. The highest BCUT2D eigenvalue weighted by atomic mass is 32.1. The first kappa shape index (κ1) is 12.6. The van der Waals surface area contributed by atoms with Crippen molar-refractivity contribution < 1.29 is 5.11 Å². The van der Waals surface area contributed by atoms with Crippen LogP contribution in [0.3, 0.4) is 0 Å². The lowest BCUT2D eigenvalue weighted by atomic mass is 10.2. The number of aryl methyl sites for hydroxylation is 1. The van der Waals surface area contributed by atoms with E-state index in [-0.39, 0.29) is 6.10 Å². The van der Waals surface area contributed by atoms with Gasteiger partial charge in [-0.3, -0.25) is 0 Å². The summed E-state index contributed by atoms with van der Waals surface area (Å²) in [5.74, 6) is 0. The van der Waals surface area contributed by atoms with E-state index < -0.39 is 0 Å². The van der Waals surface area contributed by atoms with Crippen LogP contribution in [0.5, 0.6) is 0 Å². The third-order valence-corrected chi connectivity index (χ3v) is 3.56. The Hall–Kier alpha value is -0.450. The van der Waals surface area contributed by atoms with Gasteiger partial charge in [-0.2, -0.15) is 0 Å². The Labute approximate surface area is 95.6 Å². The lowest BCUT2D eigenvalue weighted by Gasteiger charge is -2.13. The van der Waals surface area contributed by atoms with Gasteiger partial charge >= 0.3 is 0 Å². The van der Waals surface area contributed by atoms with Gasteiger partial charge in [-0.1, -0.05) is 6.92 Å². The predicted octanol–water partition coefficient (Wildman–Crippen LogP) is 2.26. The van der Waals surface area contributed by atoms with Crippen molar-refractivity contribution in [3.05, 3.63) is 16.1 Å². The number of aromatic nitrogens is 1. The van der Waals surface area contributed by atoms with E-state index in [1.807, 2.05) is 20.0 Å². The molecule has 1 aromatic heterocycles. The van der Waals surface area contributed by atoms with Crippen LogP contribution in [0.25, 0.3) is 0 Å². The SMILES string of the molecule is CCC(O)CCNC(C)c1cnc(C)s1. The number of rotatable bonds is 6. The first-order valence-electron chi connectivity index (χ1n) is 5.47. The quantitative estimate of drug-likeness (QED) is 0.785. The van der Waals surface area contributed by atoms with Crippen LogP contribution in [0.4, 0.5) is 0 Å². The molecule has 2 N–H and O–H groups in total. The first-order chi connectivity index (χ1) is 7.13. The first-order valence-corrected chi connectivity index (χ1v) is 6.29. The molecule has 0 aliphatic heterocycles. The standard InChI is InChI=1S/C11H20N2OS/c1-4-10(14)5-6-12-8(2)11-7-13-9(3)15-11/h7-8,10,12,14H,4-6H2,1-3H3. The van der Waals surface area contributed by atoms with Crippen molar-refractivity contribution in [2.45, 2.75) is 45.8 Å². The maximum Gasteiger partial charge on any atom is 0.0897 e. The zero-order valence-corrected chi connectivity index (χ0v) is 10.5. The molecule has 0 aromatic carbocycles. The Morgan fingerprint density at radius 3 is 2.87 bits per heavy atom. The highest BCUT2D eigenvalue weighted by Crippen LogP contribution is 2.19. The van der Waals surface area contributed by atoms with Gasteiger partial charge in [0.05, 0.1) is 11.1 Å². The van der Waals surface area contributed by atoms with Crippen molar-refractivity contribution in [1.29, 1.82) is 0 Å². The van der Waals surface area contributed by atoms with E-state index in [1.165, 1.54) is 4.88 Å². The number of aliphatic hydroxyl groups is 1. The summed E-state index contributed by atoms with van der Waals surface area (Å²) < 4.78 is 0. The third-order valence-electron chi connectivity index (χ3n) is 2.47. The Morgan fingerprint density at radius 1 is 1.60 bits per heavy atom. The number of aliphatic hydroxyl groups excluding tert-OH is 1. The van der Waals surface area contributed by atoms with Gasteiger partial charge in [-0.25, -0.2) is 4.98 Å². The van der Waals surface area contributed by atoms with Gasteiger partial charge in [0.15, 0.2) is 0 Å². The normalized spacial score (nSPS) is 15.2.